The zero-order valence-corrected chi connectivity index (χ0v) is 14.8. The lowest BCUT2D eigenvalue weighted by Crippen LogP contribution is -1.94. The summed E-state index contributed by atoms with van der Waals surface area (Å²) in [6.07, 6.45) is 1.68. The molecule has 0 atom stereocenters. The van der Waals surface area contributed by atoms with Gasteiger partial charge in [0.2, 0.25) is 5.88 Å². The Morgan fingerprint density at radius 1 is 1.25 bits per heavy atom. The van der Waals surface area contributed by atoms with Gasteiger partial charge in [0.15, 0.2) is 5.69 Å². The summed E-state index contributed by atoms with van der Waals surface area (Å²) in [4.78, 5) is 12.2. The summed E-state index contributed by atoms with van der Waals surface area (Å²) in [5, 5.41) is 18.9. The zero-order chi connectivity index (χ0) is 17.1. The lowest BCUT2D eigenvalue weighted by molar-refractivity contribution is 0.0995. The first-order chi connectivity index (χ1) is 11.6. The van der Waals surface area contributed by atoms with Gasteiger partial charge >= 0.3 is 0 Å². The number of allylic oxidation sites excluding steroid dienone is 1. The molecule has 0 radical (unpaired) electrons. The second-order valence-corrected chi connectivity index (χ2v) is 6.35. The van der Waals surface area contributed by atoms with E-state index in [4.69, 9.17) is 0 Å². The molecule has 0 aliphatic heterocycles. The molecule has 1 heterocycles. The molecule has 0 fully saturated rings. The minimum Gasteiger partial charge on any atom is -0.493 e. The SMILES string of the molecule is C=CCn1c(O)c(N=NC(=O)c2cccc(I)c2)c2ccccc21. The molecule has 3 rings (SSSR count). The fourth-order valence-corrected chi connectivity index (χ4v) is 3.00. The van der Waals surface area contributed by atoms with Crippen molar-refractivity contribution in [1.29, 1.82) is 0 Å². The first-order valence-electron chi connectivity index (χ1n) is 7.24. The fraction of sp³-hybridized carbons (Fsp3) is 0.0556. The van der Waals surface area contributed by atoms with Crippen LogP contribution in [0.3, 0.4) is 0 Å². The van der Waals surface area contributed by atoms with E-state index in [1.807, 2.05) is 30.3 Å². The van der Waals surface area contributed by atoms with Crippen molar-refractivity contribution in [3.8, 4) is 5.88 Å². The van der Waals surface area contributed by atoms with Crippen molar-refractivity contribution in [2.24, 2.45) is 10.2 Å². The number of carbonyl (C=O) groups is 1. The van der Waals surface area contributed by atoms with Crippen molar-refractivity contribution < 1.29 is 9.90 Å². The lowest BCUT2D eigenvalue weighted by Gasteiger charge is -2.01. The number of benzene rings is 2. The number of aromatic hydroxyl groups is 1. The molecular formula is C18H14IN3O2. The number of rotatable bonds is 4. The molecule has 0 bridgehead atoms. The van der Waals surface area contributed by atoms with Crippen LogP contribution in [0.15, 0.2) is 71.4 Å². The van der Waals surface area contributed by atoms with Crippen LogP contribution in [-0.2, 0) is 6.54 Å². The number of amides is 1. The third-order valence-corrected chi connectivity index (χ3v) is 4.21. The van der Waals surface area contributed by atoms with Gasteiger partial charge in [0, 0.05) is 21.1 Å². The number of hydrogen-bond donors (Lipinski definition) is 1. The second-order valence-electron chi connectivity index (χ2n) is 5.10. The van der Waals surface area contributed by atoms with Crippen LogP contribution in [0.5, 0.6) is 5.88 Å². The maximum absolute atomic E-state index is 12.2. The van der Waals surface area contributed by atoms with Crippen molar-refractivity contribution in [2.45, 2.75) is 6.54 Å². The van der Waals surface area contributed by atoms with Crippen molar-refractivity contribution in [2.75, 3.05) is 0 Å². The molecule has 0 saturated heterocycles. The molecule has 6 heteroatoms. The Balaban J connectivity index is 2.02. The zero-order valence-electron chi connectivity index (χ0n) is 12.7. The molecule has 24 heavy (non-hydrogen) atoms. The number of halogens is 1. The molecule has 3 aromatic rings. The smallest absolute Gasteiger partial charge is 0.295 e. The van der Waals surface area contributed by atoms with Crippen LogP contribution < -0.4 is 0 Å². The lowest BCUT2D eigenvalue weighted by atomic mass is 10.2. The molecule has 0 spiro atoms. The molecular weight excluding hydrogens is 417 g/mol. The third-order valence-electron chi connectivity index (χ3n) is 3.54. The van der Waals surface area contributed by atoms with Gasteiger partial charge in [-0.2, -0.15) is 0 Å². The number of aromatic nitrogens is 1. The van der Waals surface area contributed by atoms with Gasteiger partial charge in [0.25, 0.3) is 5.91 Å². The minimum atomic E-state index is -0.450. The average molecular weight is 431 g/mol. The van der Waals surface area contributed by atoms with E-state index in [-0.39, 0.29) is 11.6 Å². The van der Waals surface area contributed by atoms with Gasteiger partial charge in [0.05, 0.1) is 5.52 Å². The summed E-state index contributed by atoms with van der Waals surface area (Å²) in [5.41, 5.74) is 1.55. The normalized spacial score (nSPS) is 11.2. The van der Waals surface area contributed by atoms with E-state index in [0.717, 1.165) is 14.5 Å². The van der Waals surface area contributed by atoms with Gasteiger partial charge < -0.3 is 9.67 Å². The summed E-state index contributed by atoms with van der Waals surface area (Å²) in [7, 11) is 0. The first-order valence-corrected chi connectivity index (χ1v) is 8.32. The summed E-state index contributed by atoms with van der Waals surface area (Å²) < 4.78 is 2.62. The molecule has 1 N–H and O–H groups in total. The Hall–Kier alpha value is -2.48. The highest BCUT2D eigenvalue weighted by Gasteiger charge is 2.16. The van der Waals surface area contributed by atoms with E-state index >= 15 is 0 Å². The Kier molecular flexibility index (Phi) is 4.75. The average Bonchev–Trinajstić information content (AvgIpc) is 2.85. The Morgan fingerprint density at radius 2 is 2.04 bits per heavy atom. The number of hydrogen-bond acceptors (Lipinski definition) is 3. The maximum Gasteiger partial charge on any atom is 0.295 e. The van der Waals surface area contributed by atoms with Gasteiger partial charge in [-0.25, -0.2) is 0 Å². The van der Waals surface area contributed by atoms with Gasteiger partial charge in [-0.05, 0) is 46.9 Å². The van der Waals surface area contributed by atoms with Crippen LogP contribution in [-0.4, -0.2) is 15.6 Å². The number of para-hydroxylation sites is 1. The molecule has 0 aliphatic carbocycles. The Labute approximate surface area is 152 Å². The number of fused-ring (bicyclic) bond motifs is 1. The van der Waals surface area contributed by atoms with Crippen molar-refractivity contribution >= 4 is 45.1 Å². The molecule has 0 aliphatic rings. The summed E-state index contributed by atoms with van der Waals surface area (Å²) in [6, 6.07) is 14.5. The van der Waals surface area contributed by atoms with E-state index < -0.39 is 5.91 Å². The van der Waals surface area contributed by atoms with E-state index in [0.29, 0.717) is 12.1 Å². The van der Waals surface area contributed by atoms with Crippen LogP contribution in [0.1, 0.15) is 10.4 Å². The molecule has 0 unspecified atom stereocenters. The standard InChI is InChI=1S/C18H14IN3O2/c1-2-10-22-15-9-4-3-8-14(15)16(18(22)24)20-21-17(23)12-6-5-7-13(19)11-12/h2-9,11,24H,1,10H2. The maximum atomic E-state index is 12.2. The quantitative estimate of drug-likeness (QED) is 0.357. The highest BCUT2D eigenvalue weighted by Crippen LogP contribution is 2.38. The van der Waals surface area contributed by atoms with Gasteiger partial charge in [-0.15, -0.1) is 16.8 Å². The van der Waals surface area contributed by atoms with E-state index in [9.17, 15) is 9.90 Å². The van der Waals surface area contributed by atoms with E-state index in [1.165, 1.54) is 0 Å². The monoisotopic (exact) mass is 431 g/mol. The minimum absolute atomic E-state index is 0.0321. The van der Waals surface area contributed by atoms with Gasteiger partial charge in [-0.1, -0.05) is 30.3 Å². The number of azo groups is 1. The molecule has 120 valence electrons. The van der Waals surface area contributed by atoms with Crippen LogP contribution in [0.2, 0.25) is 0 Å². The molecule has 2 aromatic carbocycles. The van der Waals surface area contributed by atoms with Crippen molar-refractivity contribution in [3.63, 3.8) is 0 Å². The first kappa shape index (κ1) is 16.4. The topological polar surface area (TPSA) is 66.9 Å². The summed E-state index contributed by atoms with van der Waals surface area (Å²) in [5.74, 6) is -0.483. The van der Waals surface area contributed by atoms with E-state index in [1.54, 1.807) is 28.8 Å². The van der Waals surface area contributed by atoms with Crippen molar-refractivity contribution in [3.05, 3.63) is 70.3 Å². The molecule has 0 saturated carbocycles. The fourth-order valence-electron chi connectivity index (χ4n) is 2.46. The Morgan fingerprint density at radius 3 is 2.79 bits per heavy atom. The summed E-state index contributed by atoms with van der Waals surface area (Å²) in [6.45, 7) is 4.13. The highest BCUT2D eigenvalue weighted by atomic mass is 127. The Bertz CT molecular complexity index is 960. The van der Waals surface area contributed by atoms with Crippen LogP contribution in [0.25, 0.3) is 10.9 Å². The van der Waals surface area contributed by atoms with E-state index in [2.05, 4.69) is 39.4 Å². The molecule has 1 amide bonds. The predicted octanol–water partition coefficient (Wildman–Crippen LogP) is 5.06. The highest BCUT2D eigenvalue weighted by molar-refractivity contribution is 14.1. The second kappa shape index (κ2) is 6.96. The van der Waals surface area contributed by atoms with Crippen LogP contribution in [0.4, 0.5) is 5.69 Å². The molecule has 1 aromatic heterocycles. The predicted molar refractivity (Wildman–Crippen MR) is 102 cm³/mol. The largest absolute Gasteiger partial charge is 0.493 e. The van der Waals surface area contributed by atoms with Crippen LogP contribution in [0, 0.1) is 3.57 Å². The van der Waals surface area contributed by atoms with Crippen molar-refractivity contribution in [1.82, 2.24) is 4.57 Å². The number of carbonyl (C=O) groups excluding carboxylic acids is 1. The number of nitrogens with zero attached hydrogens (tertiary/aromatic N) is 3. The third kappa shape index (κ3) is 3.09. The van der Waals surface area contributed by atoms with Crippen LogP contribution >= 0.6 is 22.6 Å². The summed E-state index contributed by atoms with van der Waals surface area (Å²) >= 11 is 2.13. The van der Waals surface area contributed by atoms with Gasteiger partial charge in [0.1, 0.15) is 0 Å². The molecule has 5 nitrogen and oxygen atoms in total. The van der Waals surface area contributed by atoms with Gasteiger partial charge in [-0.3, -0.25) is 4.79 Å².